The molecule has 9 heteroatoms. The minimum absolute atomic E-state index is 0.101. The molecule has 0 bridgehead atoms. The molecule has 1 aromatic carbocycles. The number of nitrogens with zero attached hydrogens (tertiary/aromatic N) is 2. The highest BCUT2D eigenvalue weighted by atomic mass is 19.1. The van der Waals surface area contributed by atoms with Crippen LogP contribution in [-0.2, 0) is 34.6 Å². The van der Waals surface area contributed by atoms with E-state index in [2.05, 4.69) is 5.32 Å². The number of ketones is 1. The Morgan fingerprint density at radius 3 is 2.76 bits per heavy atom. The third-order valence-corrected chi connectivity index (χ3v) is 8.70. The lowest BCUT2D eigenvalue weighted by Crippen LogP contribution is -2.43. The van der Waals surface area contributed by atoms with Crippen molar-refractivity contribution in [1.82, 2.24) is 14.9 Å². The zero-order chi connectivity index (χ0) is 26.9. The van der Waals surface area contributed by atoms with Crippen LogP contribution in [-0.4, -0.2) is 32.9 Å². The number of hydrogen-bond donors (Lipinski definition) is 3. The Kier molecular flexibility index (Phi) is 5.77. The number of fused-ring (bicyclic) bond motifs is 5. The van der Waals surface area contributed by atoms with Gasteiger partial charge in [-0.05, 0) is 68.3 Å². The molecule has 1 amide bonds. The maximum atomic E-state index is 15.0. The van der Waals surface area contributed by atoms with Gasteiger partial charge in [-0.3, -0.25) is 14.4 Å². The molecule has 2 aliphatic carbocycles. The van der Waals surface area contributed by atoms with E-state index in [1.807, 2.05) is 0 Å². The molecule has 0 spiro atoms. The van der Waals surface area contributed by atoms with Crippen LogP contribution < -0.4 is 16.6 Å². The van der Waals surface area contributed by atoms with Gasteiger partial charge in [0, 0.05) is 41.0 Å². The first-order valence-corrected chi connectivity index (χ1v) is 13.4. The summed E-state index contributed by atoms with van der Waals surface area (Å²) in [5, 5.41) is 15.3. The maximum absolute atomic E-state index is 15.0. The number of nitrogens with two attached hydrogens (primary N) is 1. The number of carbonyl (C=O) groups excluding carboxylic acids is 2. The SMILES string of the molecule is CC[C@@]1(O)C(=O)CCc2c1cc1n(c2=O)Cc2c-1nc1cc(F)c(C)c3c1c2[C@@H](NC(=O)CCCN)CC3. The van der Waals surface area contributed by atoms with Crippen LogP contribution in [0.3, 0.4) is 0 Å². The molecule has 2 atom stereocenters. The standard InChI is InChI=1S/C29H31FN4O4/c1-3-29(38)18-11-22-27-17(13-34(22)28(37)16(18)7-9-23(29)35)26-20(32-24(36)5-4-10-31)8-6-15-14(2)19(30)12-21(33-27)25(15)26/h11-12,20,38H,3-10,13,31H2,1-2H3,(H,32,36)/t20-,29-/m0/s1. The quantitative estimate of drug-likeness (QED) is 0.373. The fourth-order valence-electron chi connectivity index (χ4n) is 6.61. The number of hydrogen-bond acceptors (Lipinski definition) is 6. The van der Waals surface area contributed by atoms with Gasteiger partial charge in [-0.15, -0.1) is 0 Å². The lowest BCUT2D eigenvalue weighted by Gasteiger charge is -2.32. The zero-order valence-electron chi connectivity index (χ0n) is 21.6. The van der Waals surface area contributed by atoms with Crippen molar-refractivity contribution in [2.24, 2.45) is 5.73 Å². The summed E-state index contributed by atoms with van der Waals surface area (Å²) in [4.78, 5) is 44.0. The van der Waals surface area contributed by atoms with Crippen molar-refractivity contribution >= 4 is 22.6 Å². The third kappa shape index (κ3) is 3.41. The van der Waals surface area contributed by atoms with Crippen molar-refractivity contribution < 1.29 is 19.1 Å². The summed E-state index contributed by atoms with van der Waals surface area (Å²) in [5.74, 6) is -0.738. The van der Waals surface area contributed by atoms with Gasteiger partial charge in [0.1, 0.15) is 11.4 Å². The van der Waals surface area contributed by atoms with E-state index < -0.39 is 5.60 Å². The molecular formula is C29H31FN4O4. The first-order valence-electron chi connectivity index (χ1n) is 13.4. The van der Waals surface area contributed by atoms with Crippen molar-refractivity contribution in [2.75, 3.05) is 6.54 Å². The average molecular weight is 519 g/mol. The predicted molar refractivity (Wildman–Crippen MR) is 140 cm³/mol. The van der Waals surface area contributed by atoms with Crippen LogP contribution >= 0.6 is 0 Å². The summed E-state index contributed by atoms with van der Waals surface area (Å²) in [6.07, 6.45) is 2.65. The first-order chi connectivity index (χ1) is 18.2. The number of pyridine rings is 2. The van der Waals surface area contributed by atoms with Crippen molar-refractivity contribution in [2.45, 2.75) is 77.0 Å². The second-order valence-electron chi connectivity index (χ2n) is 10.7. The Labute approximate surface area is 219 Å². The van der Waals surface area contributed by atoms with E-state index in [1.165, 1.54) is 6.07 Å². The second-order valence-corrected chi connectivity index (χ2v) is 10.7. The van der Waals surface area contributed by atoms with Crippen LogP contribution in [0, 0.1) is 12.7 Å². The second kappa shape index (κ2) is 8.81. The van der Waals surface area contributed by atoms with E-state index in [9.17, 15) is 23.9 Å². The number of nitrogens with one attached hydrogen (secondary N) is 1. The van der Waals surface area contributed by atoms with Gasteiger partial charge in [0.2, 0.25) is 5.91 Å². The molecule has 198 valence electrons. The first kappa shape index (κ1) is 24.9. The number of carbonyl (C=O) groups is 2. The summed E-state index contributed by atoms with van der Waals surface area (Å²) in [7, 11) is 0. The average Bonchev–Trinajstić information content (AvgIpc) is 3.27. The van der Waals surface area contributed by atoms with Crippen molar-refractivity contribution in [3.63, 3.8) is 0 Å². The fraction of sp³-hybridized carbons (Fsp3) is 0.448. The van der Waals surface area contributed by atoms with E-state index in [-0.39, 0.29) is 54.9 Å². The van der Waals surface area contributed by atoms with Crippen LogP contribution in [0.4, 0.5) is 4.39 Å². The lowest BCUT2D eigenvalue weighted by molar-refractivity contribution is -0.140. The van der Waals surface area contributed by atoms with E-state index in [4.69, 9.17) is 10.7 Å². The molecule has 4 N–H and O–H groups in total. The van der Waals surface area contributed by atoms with Crippen LogP contribution in [0.5, 0.6) is 0 Å². The minimum atomic E-state index is -1.72. The molecule has 3 aromatic rings. The zero-order valence-corrected chi connectivity index (χ0v) is 21.6. The number of amides is 1. The van der Waals surface area contributed by atoms with Crippen LogP contribution in [0.2, 0.25) is 0 Å². The number of aryl methyl sites for hydroxylation is 1. The van der Waals surface area contributed by atoms with Gasteiger partial charge in [-0.25, -0.2) is 9.37 Å². The van der Waals surface area contributed by atoms with Gasteiger partial charge in [0.25, 0.3) is 5.56 Å². The summed E-state index contributed by atoms with van der Waals surface area (Å²) in [6.45, 7) is 4.17. The number of rotatable bonds is 5. The molecule has 1 aliphatic heterocycles. The number of aromatic nitrogens is 2. The molecule has 0 unspecified atom stereocenters. The molecule has 2 aromatic heterocycles. The Morgan fingerprint density at radius 1 is 1.24 bits per heavy atom. The molecular weight excluding hydrogens is 487 g/mol. The summed E-state index contributed by atoms with van der Waals surface area (Å²) >= 11 is 0. The Balaban J connectivity index is 1.60. The molecule has 8 nitrogen and oxygen atoms in total. The van der Waals surface area contributed by atoms with Crippen LogP contribution in [0.25, 0.3) is 22.3 Å². The van der Waals surface area contributed by atoms with E-state index in [0.717, 1.165) is 22.1 Å². The highest BCUT2D eigenvalue weighted by molar-refractivity contribution is 5.94. The van der Waals surface area contributed by atoms with Gasteiger partial charge in [0.05, 0.1) is 29.5 Å². The molecule has 0 saturated heterocycles. The summed E-state index contributed by atoms with van der Waals surface area (Å²) in [6, 6.07) is 2.82. The summed E-state index contributed by atoms with van der Waals surface area (Å²) < 4.78 is 16.6. The number of benzene rings is 1. The highest BCUT2D eigenvalue weighted by Gasteiger charge is 2.43. The molecule has 3 heterocycles. The van der Waals surface area contributed by atoms with Crippen molar-refractivity contribution in [1.29, 1.82) is 0 Å². The molecule has 6 rings (SSSR count). The molecule has 38 heavy (non-hydrogen) atoms. The number of Topliss-reactive ketones (excluding diaryl/α,β-unsaturated/α-hetero) is 1. The number of halogens is 1. The van der Waals surface area contributed by atoms with Crippen molar-refractivity contribution in [3.05, 3.63) is 61.7 Å². The minimum Gasteiger partial charge on any atom is -0.377 e. The maximum Gasteiger partial charge on any atom is 0.254 e. The summed E-state index contributed by atoms with van der Waals surface area (Å²) in [5.41, 5.74) is 9.09. The topological polar surface area (TPSA) is 127 Å². The van der Waals surface area contributed by atoms with Gasteiger partial charge in [-0.2, -0.15) is 0 Å². The molecule has 3 aliphatic rings. The third-order valence-electron chi connectivity index (χ3n) is 8.70. The highest BCUT2D eigenvalue weighted by Crippen LogP contribution is 2.46. The van der Waals surface area contributed by atoms with E-state index >= 15 is 0 Å². The molecule has 0 saturated carbocycles. The molecule has 0 fully saturated rings. The van der Waals surface area contributed by atoms with Gasteiger partial charge < -0.3 is 20.7 Å². The molecule has 0 radical (unpaired) electrons. The van der Waals surface area contributed by atoms with Crippen molar-refractivity contribution in [3.8, 4) is 11.4 Å². The lowest BCUT2D eigenvalue weighted by atomic mass is 9.77. The fourth-order valence-corrected chi connectivity index (χ4v) is 6.61. The van der Waals surface area contributed by atoms with Gasteiger partial charge >= 0.3 is 0 Å². The van der Waals surface area contributed by atoms with Gasteiger partial charge in [0.15, 0.2) is 5.78 Å². The Bertz CT molecular complexity index is 1610. The van der Waals surface area contributed by atoms with E-state index in [0.29, 0.717) is 65.8 Å². The largest absolute Gasteiger partial charge is 0.377 e. The normalized spacial score (nSPS) is 21.3. The van der Waals surface area contributed by atoms with Gasteiger partial charge in [-0.1, -0.05) is 6.92 Å². The van der Waals surface area contributed by atoms with Crippen LogP contribution in [0.15, 0.2) is 16.9 Å². The van der Waals surface area contributed by atoms with Crippen LogP contribution in [0.1, 0.15) is 78.5 Å². The Hall–Kier alpha value is -3.43. The van der Waals surface area contributed by atoms with E-state index in [1.54, 1.807) is 24.5 Å². The number of aliphatic hydroxyl groups is 1. The smallest absolute Gasteiger partial charge is 0.254 e. The predicted octanol–water partition coefficient (Wildman–Crippen LogP) is 2.83. The monoisotopic (exact) mass is 518 g/mol. The Morgan fingerprint density at radius 2 is 2.03 bits per heavy atom.